The van der Waals surface area contributed by atoms with Crippen LogP contribution in [0.3, 0.4) is 0 Å². The van der Waals surface area contributed by atoms with Gasteiger partial charge in [-0.15, -0.1) is 0 Å². The number of halogens is 1. The Labute approximate surface area is 108 Å². The van der Waals surface area contributed by atoms with Crippen molar-refractivity contribution in [2.45, 2.75) is 5.79 Å². The summed E-state index contributed by atoms with van der Waals surface area (Å²) in [4.78, 5) is 11.0. The number of carbonyl (C=O) groups is 1. The monoisotopic (exact) mass is 266 g/mol. The van der Waals surface area contributed by atoms with E-state index in [1.807, 2.05) is 6.07 Å². The number of aliphatic carboxylic acids is 1. The number of carboxylic acid groups (broad SMARTS) is 1. The number of benzene rings is 1. The molecule has 0 spiro atoms. The van der Waals surface area contributed by atoms with Crippen LogP contribution in [0.15, 0.2) is 47.5 Å². The lowest BCUT2D eigenvalue weighted by atomic mass is 9.87. The lowest BCUT2D eigenvalue weighted by molar-refractivity contribution is -0.176. The number of rotatable bonds is 2. The summed E-state index contributed by atoms with van der Waals surface area (Å²) < 4.78 is 0. The van der Waals surface area contributed by atoms with Gasteiger partial charge >= 0.3 is 5.97 Å². The maximum absolute atomic E-state index is 11.0. The normalized spacial score (nSPS) is 22.1. The minimum absolute atomic E-state index is 0.115. The van der Waals surface area contributed by atoms with E-state index in [1.54, 1.807) is 24.3 Å². The highest BCUT2D eigenvalue weighted by Gasteiger charge is 2.40. The number of allylic oxidation sites excluding steroid dienone is 2. The van der Waals surface area contributed by atoms with E-state index in [1.165, 1.54) is 6.08 Å². The molecule has 5 heteroatoms. The lowest BCUT2D eigenvalue weighted by Gasteiger charge is -2.28. The van der Waals surface area contributed by atoms with Crippen LogP contribution in [0.25, 0.3) is 5.57 Å². The molecule has 3 N–H and O–H groups in total. The van der Waals surface area contributed by atoms with E-state index in [2.05, 4.69) is 0 Å². The maximum Gasteiger partial charge on any atom is 0.316 e. The van der Waals surface area contributed by atoms with Crippen molar-refractivity contribution in [1.29, 1.82) is 0 Å². The second-order valence-electron chi connectivity index (χ2n) is 4.04. The van der Waals surface area contributed by atoms with Crippen molar-refractivity contribution >= 4 is 23.1 Å². The SMILES string of the molecule is O=C(O)C1C=C(c2ccccc2)C(Cl)=CC1(O)O. The molecule has 4 nitrogen and oxygen atoms in total. The van der Waals surface area contributed by atoms with Crippen molar-refractivity contribution < 1.29 is 20.1 Å². The first-order chi connectivity index (χ1) is 8.42. The van der Waals surface area contributed by atoms with Crippen LogP contribution in [0.1, 0.15) is 5.56 Å². The quantitative estimate of drug-likeness (QED) is 0.711. The van der Waals surface area contributed by atoms with Gasteiger partial charge in [0.2, 0.25) is 5.79 Å². The molecule has 0 aromatic heterocycles. The molecule has 1 atom stereocenters. The molecule has 1 unspecified atom stereocenters. The standard InChI is InChI=1S/C13H11ClO4/c14-11-7-13(17,18)10(12(15)16)6-9(11)8-4-2-1-3-5-8/h1-7,10,17-18H,(H,15,16). The van der Waals surface area contributed by atoms with Crippen LogP contribution in [-0.2, 0) is 4.79 Å². The molecule has 2 rings (SSSR count). The molecule has 0 heterocycles. The van der Waals surface area contributed by atoms with Crippen molar-refractivity contribution in [2.75, 3.05) is 0 Å². The smallest absolute Gasteiger partial charge is 0.316 e. The summed E-state index contributed by atoms with van der Waals surface area (Å²) in [5.41, 5.74) is 1.20. The zero-order valence-electron chi connectivity index (χ0n) is 9.25. The van der Waals surface area contributed by atoms with Crippen LogP contribution in [0.4, 0.5) is 0 Å². The van der Waals surface area contributed by atoms with Gasteiger partial charge in [-0.1, -0.05) is 48.0 Å². The number of aliphatic hydroxyl groups is 2. The van der Waals surface area contributed by atoms with Crippen LogP contribution < -0.4 is 0 Å². The summed E-state index contributed by atoms with van der Waals surface area (Å²) >= 11 is 5.95. The lowest BCUT2D eigenvalue weighted by Crippen LogP contribution is -2.41. The summed E-state index contributed by atoms with van der Waals surface area (Å²) in [5.74, 6) is -5.25. The summed E-state index contributed by atoms with van der Waals surface area (Å²) in [6, 6.07) is 8.93. The van der Waals surface area contributed by atoms with Crippen LogP contribution in [0.5, 0.6) is 0 Å². The Bertz CT molecular complexity index is 531. The summed E-state index contributed by atoms with van der Waals surface area (Å²) in [6.45, 7) is 0. The first-order valence-corrected chi connectivity index (χ1v) is 5.63. The first-order valence-electron chi connectivity index (χ1n) is 5.25. The molecule has 1 aliphatic carbocycles. The highest BCUT2D eigenvalue weighted by Crippen LogP contribution is 2.36. The second kappa shape index (κ2) is 4.57. The fraction of sp³-hybridized carbons (Fsp3) is 0.154. The van der Waals surface area contributed by atoms with Crippen molar-refractivity contribution in [3.8, 4) is 0 Å². The largest absolute Gasteiger partial charge is 0.481 e. The number of hydrogen-bond acceptors (Lipinski definition) is 3. The van der Waals surface area contributed by atoms with Gasteiger partial charge in [0.05, 0.1) is 0 Å². The second-order valence-corrected chi connectivity index (χ2v) is 4.44. The maximum atomic E-state index is 11.0. The average Bonchev–Trinajstić information content (AvgIpc) is 2.28. The molecule has 0 amide bonds. The van der Waals surface area contributed by atoms with Crippen LogP contribution in [0, 0.1) is 5.92 Å². The molecule has 94 valence electrons. The third-order valence-corrected chi connectivity index (χ3v) is 3.05. The molecule has 1 aromatic rings. The van der Waals surface area contributed by atoms with Gasteiger partial charge in [0, 0.05) is 5.03 Å². The third kappa shape index (κ3) is 2.31. The Morgan fingerprint density at radius 3 is 2.39 bits per heavy atom. The Kier molecular flexibility index (Phi) is 3.26. The zero-order chi connectivity index (χ0) is 13.3. The van der Waals surface area contributed by atoms with Crippen LogP contribution in [0.2, 0.25) is 0 Å². The predicted molar refractivity (Wildman–Crippen MR) is 66.6 cm³/mol. The van der Waals surface area contributed by atoms with Gasteiger partial charge in [-0.3, -0.25) is 4.79 Å². The molecule has 1 aromatic carbocycles. The number of hydrogen-bond donors (Lipinski definition) is 3. The number of carboxylic acids is 1. The molecular weight excluding hydrogens is 256 g/mol. The molecule has 0 fully saturated rings. The Morgan fingerprint density at radius 1 is 1.22 bits per heavy atom. The van der Waals surface area contributed by atoms with Gasteiger partial charge in [-0.25, -0.2) is 0 Å². The fourth-order valence-electron chi connectivity index (χ4n) is 1.83. The van der Waals surface area contributed by atoms with Crippen LogP contribution in [-0.4, -0.2) is 27.1 Å². The van der Waals surface area contributed by atoms with Crippen LogP contribution >= 0.6 is 11.6 Å². The first kappa shape index (κ1) is 12.8. The molecule has 0 saturated heterocycles. The highest BCUT2D eigenvalue weighted by atomic mass is 35.5. The molecule has 18 heavy (non-hydrogen) atoms. The molecular formula is C13H11ClO4. The minimum Gasteiger partial charge on any atom is -0.481 e. The van der Waals surface area contributed by atoms with E-state index in [0.29, 0.717) is 5.57 Å². The highest BCUT2D eigenvalue weighted by molar-refractivity contribution is 6.37. The van der Waals surface area contributed by atoms with Gasteiger partial charge in [-0.05, 0) is 17.2 Å². The molecule has 0 aliphatic heterocycles. The van der Waals surface area contributed by atoms with Crippen molar-refractivity contribution in [2.24, 2.45) is 5.92 Å². The van der Waals surface area contributed by atoms with Crippen molar-refractivity contribution in [3.05, 3.63) is 53.1 Å². The van der Waals surface area contributed by atoms with E-state index in [4.69, 9.17) is 16.7 Å². The van der Waals surface area contributed by atoms with Crippen molar-refractivity contribution in [3.63, 3.8) is 0 Å². The van der Waals surface area contributed by atoms with Crippen molar-refractivity contribution in [1.82, 2.24) is 0 Å². The van der Waals surface area contributed by atoms with Gasteiger partial charge in [0.25, 0.3) is 0 Å². The van der Waals surface area contributed by atoms with E-state index < -0.39 is 17.7 Å². The summed E-state index contributed by atoms with van der Waals surface area (Å²) in [5, 5.41) is 28.3. The Hall–Kier alpha value is -1.62. The molecule has 0 bridgehead atoms. The topological polar surface area (TPSA) is 77.8 Å². The Morgan fingerprint density at radius 2 is 1.83 bits per heavy atom. The predicted octanol–water partition coefficient (Wildman–Crippen LogP) is 1.59. The van der Waals surface area contributed by atoms with Gasteiger partial charge in [0.15, 0.2) is 0 Å². The molecule has 1 aliphatic rings. The summed E-state index contributed by atoms with van der Waals surface area (Å²) in [7, 11) is 0. The minimum atomic E-state index is -2.47. The zero-order valence-corrected chi connectivity index (χ0v) is 10.0. The Balaban J connectivity index is 2.49. The van der Waals surface area contributed by atoms with E-state index in [9.17, 15) is 15.0 Å². The molecule has 0 saturated carbocycles. The van der Waals surface area contributed by atoms with E-state index in [-0.39, 0.29) is 5.03 Å². The average molecular weight is 267 g/mol. The van der Waals surface area contributed by atoms with E-state index in [0.717, 1.165) is 11.6 Å². The summed E-state index contributed by atoms with van der Waals surface area (Å²) in [6.07, 6.45) is 2.19. The molecule has 0 radical (unpaired) electrons. The fourth-order valence-corrected chi connectivity index (χ4v) is 2.16. The van der Waals surface area contributed by atoms with Gasteiger partial charge < -0.3 is 15.3 Å². The van der Waals surface area contributed by atoms with E-state index >= 15 is 0 Å². The third-order valence-electron chi connectivity index (χ3n) is 2.74. The van der Waals surface area contributed by atoms with Gasteiger partial charge in [-0.2, -0.15) is 0 Å². The van der Waals surface area contributed by atoms with Gasteiger partial charge in [0.1, 0.15) is 5.92 Å².